The van der Waals surface area contributed by atoms with Crippen molar-refractivity contribution in [2.45, 2.75) is 13.8 Å². The second-order valence-corrected chi connectivity index (χ2v) is 4.16. The van der Waals surface area contributed by atoms with Gasteiger partial charge in [-0.05, 0) is 25.0 Å². The van der Waals surface area contributed by atoms with Crippen LogP contribution in [-0.4, -0.2) is 29.5 Å². The third-order valence-corrected chi connectivity index (χ3v) is 2.50. The minimum atomic E-state index is 0.675. The highest BCUT2D eigenvalue weighted by Crippen LogP contribution is 2.08. The van der Waals surface area contributed by atoms with Crippen LogP contribution in [-0.2, 0) is 0 Å². The van der Waals surface area contributed by atoms with Crippen molar-refractivity contribution < 1.29 is 0 Å². The highest BCUT2D eigenvalue weighted by atomic mass is 15.3. The molecule has 0 aliphatic rings. The lowest BCUT2D eigenvalue weighted by molar-refractivity contribution is 0.791. The van der Waals surface area contributed by atoms with Crippen molar-refractivity contribution in [3.63, 3.8) is 0 Å². The summed E-state index contributed by atoms with van der Waals surface area (Å²) in [6.07, 6.45) is 10.7. The summed E-state index contributed by atoms with van der Waals surface area (Å²) in [6.45, 7) is 3.97. The molecule has 0 amide bonds. The van der Waals surface area contributed by atoms with Crippen molar-refractivity contribution in [1.29, 1.82) is 0 Å². The van der Waals surface area contributed by atoms with Gasteiger partial charge < -0.3 is 0 Å². The van der Waals surface area contributed by atoms with Crippen LogP contribution in [0.1, 0.15) is 11.1 Å². The zero-order valence-electron chi connectivity index (χ0n) is 10.1. The molecular weight excluding hydrogens is 228 g/mol. The highest BCUT2D eigenvalue weighted by molar-refractivity contribution is 5.27. The summed E-state index contributed by atoms with van der Waals surface area (Å²) in [5.74, 6) is 1.35. The topological polar surface area (TPSA) is 61.4 Å². The van der Waals surface area contributed by atoms with E-state index in [4.69, 9.17) is 0 Å². The van der Waals surface area contributed by atoms with Crippen molar-refractivity contribution in [1.82, 2.24) is 29.5 Å². The van der Waals surface area contributed by atoms with Gasteiger partial charge in [0.15, 0.2) is 11.6 Å². The summed E-state index contributed by atoms with van der Waals surface area (Å²) in [6, 6.07) is 0. The minimum absolute atomic E-state index is 0.675. The number of aromatic nitrogens is 6. The molecule has 0 aliphatic carbocycles. The van der Waals surface area contributed by atoms with Gasteiger partial charge in [0.05, 0.1) is 24.8 Å². The Labute approximate surface area is 104 Å². The van der Waals surface area contributed by atoms with Crippen LogP contribution in [0.5, 0.6) is 0 Å². The van der Waals surface area contributed by atoms with E-state index < -0.39 is 0 Å². The largest absolute Gasteiger partial charge is 0.257 e. The van der Waals surface area contributed by atoms with Crippen LogP contribution in [0.25, 0.3) is 11.6 Å². The van der Waals surface area contributed by atoms with Crippen molar-refractivity contribution in [3.8, 4) is 11.6 Å². The summed E-state index contributed by atoms with van der Waals surface area (Å²) < 4.78 is 3.39. The quantitative estimate of drug-likeness (QED) is 0.680. The smallest absolute Gasteiger partial charge is 0.174 e. The van der Waals surface area contributed by atoms with E-state index in [2.05, 4.69) is 20.2 Å². The maximum atomic E-state index is 4.48. The van der Waals surface area contributed by atoms with Gasteiger partial charge in [-0.15, -0.1) is 0 Å². The van der Waals surface area contributed by atoms with Gasteiger partial charge in [-0.2, -0.15) is 10.2 Å². The molecule has 0 aliphatic heterocycles. The fourth-order valence-corrected chi connectivity index (χ4v) is 1.64. The molecule has 0 spiro atoms. The first-order chi connectivity index (χ1) is 8.72. The molecule has 0 saturated heterocycles. The van der Waals surface area contributed by atoms with Gasteiger partial charge in [0.1, 0.15) is 0 Å². The maximum Gasteiger partial charge on any atom is 0.174 e. The fourth-order valence-electron chi connectivity index (χ4n) is 1.64. The molecule has 0 radical (unpaired) electrons. The van der Waals surface area contributed by atoms with Gasteiger partial charge >= 0.3 is 0 Å². The molecule has 3 aromatic heterocycles. The van der Waals surface area contributed by atoms with Crippen molar-refractivity contribution in [2.24, 2.45) is 0 Å². The lowest BCUT2D eigenvalue weighted by atomic mass is 10.4. The Kier molecular flexibility index (Phi) is 2.40. The Morgan fingerprint density at radius 2 is 1.28 bits per heavy atom. The molecule has 3 aromatic rings. The van der Waals surface area contributed by atoms with Crippen LogP contribution < -0.4 is 0 Å². The molecule has 18 heavy (non-hydrogen) atoms. The number of rotatable bonds is 2. The summed E-state index contributed by atoms with van der Waals surface area (Å²) in [4.78, 5) is 8.65. The van der Waals surface area contributed by atoms with Crippen LogP contribution in [0.3, 0.4) is 0 Å². The van der Waals surface area contributed by atoms with Gasteiger partial charge in [0.25, 0.3) is 0 Å². The van der Waals surface area contributed by atoms with Crippen LogP contribution in [0.2, 0.25) is 0 Å². The number of hydrogen-bond acceptors (Lipinski definition) is 4. The van der Waals surface area contributed by atoms with Gasteiger partial charge in [0.2, 0.25) is 0 Å². The zero-order chi connectivity index (χ0) is 12.5. The van der Waals surface area contributed by atoms with Crippen molar-refractivity contribution >= 4 is 0 Å². The van der Waals surface area contributed by atoms with Crippen LogP contribution in [0.4, 0.5) is 0 Å². The van der Waals surface area contributed by atoms with Gasteiger partial charge in [-0.1, -0.05) is 0 Å². The van der Waals surface area contributed by atoms with Crippen molar-refractivity contribution in [2.75, 3.05) is 0 Å². The molecule has 0 fully saturated rings. The Morgan fingerprint density at radius 1 is 0.778 bits per heavy atom. The van der Waals surface area contributed by atoms with Gasteiger partial charge in [-0.3, -0.25) is 4.98 Å². The molecule has 90 valence electrons. The van der Waals surface area contributed by atoms with Crippen LogP contribution in [0, 0.1) is 13.8 Å². The maximum absolute atomic E-state index is 4.48. The molecule has 0 atom stereocenters. The molecule has 0 saturated carbocycles. The number of aryl methyl sites for hydroxylation is 2. The van der Waals surface area contributed by atoms with E-state index in [0.717, 1.165) is 11.1 Å². The Balaban J connectivity index is 2.04. The summed E-state index contributed by atoms with van der Waals surface area (Å²) >= 11 is 0. The van der Waals surface area contributed by atoms with Crippen LogP contribution in [0.15, 0.2) is 37.2 Å². The van der Waals surface area contributed by atoms with Crippen LogP contribution >= 0.6 is 0 Å². The second kappa shape index (κ2) is 4.06. The van der Waals surface area contributed by atoms with Gasteiger partial charge in [-0.25, -0.2) is 14.3 Å². The summed E-state index contributed by atoms with van der Waals surface area (Å²) in [5.41, 5.74) is 2.16. The van der Waals surface area contributed by atoms with Crippen molar-refractivity contribution in [3.05, 3.63) is 48.3 Å². The predicted molar refractivity (Wildman–Crippen MR) is 65.8 cm³/mol. The first-order valence-corrected chi connectivity index (χ1v) is 5.58. The summed E-state index contributed by atoms with van der Waals surface area (Å²) in [5, 5.41) is 8.42. The first kappa shape index (κ1) is 10.6. The highest BCUT2D eigenvalue weighted by Gasteiger charge is 2.04. The predicted octanol–water partition coefficient (Wildman–Crippen LogP) is 1.46. The van der Waals surface area contributed by atoms with E-state index >= 15 is 0 Å². The lowest BCUT2D eigenvalue weighted by Gasteiger charge is -2.03. The monoisotopic (exact) mass is 240 g/mol. The molecule has 0 unspecified atom stereocenters. The molecule has 6 heteroatoms. The lowest BCUT2D eigenvalue weighted by Crippen LogP contribution is -2.04. The van der Waals surface area contributed by atoms with E-state index in [9.17, 15) is 0 Å². The SMILES string of the molecule is Cc1cnn(-c2cncc(-n3cc(C)cn3)n2)c1. The molecule has 0 aromatic carbocycles. The normalized spacial score (nSPS) is 10.8. The average Bonchev–Trinajstić information content (AvgIpc) is 2.98. The minimum Gasteiger partial charge on any atom is -0.257 e. The third-order valence-electron chi connectivity index (χ3n) is 2.50. The number of nitrogens with zero attached hydrogens (tertiary/aromatic N) is 6. The Morgan fingerprint density at radius 3 is 1.67 bits per heavy atom. The number of hydrogen-bond donors (Lipinski definition) is 0. The Hall–Kier alpha value is -2.50. The van der Waals surface area contributed by atoms with E-state index in [-0.39, 0.29) is 0 Å². The van der Waals surface area contributed by atoms with E-state index in [1.165, 1.54) is 0 Å². The molecule has 0 bridgehead atoms. The second-order valence-electron chi connectivity index (χ2n) is 4.16. The third kappa shape index (κ3) is 1.88. The zero-order valence-corrected chi connectivity index (χ0v) is 10.1. The van der Waals surface area contributed by atoms with E-state index in [1.807, 2.05) is 26.2 Å². The molecule has 6 nitrogen and oxygen atoms in total. The van der Waals surface area contributed by atoms with E-state index in [0.29, 0.717) is 11.6 Å². The van der Waals surface area contributed by atoms with E-state index in [1.54, 1.807) is 34.2 Å². The molecule has 3 rings (SSSR count). The standard InChI is InChI=1S/C12H12N6/c1-9-3-14-17(7-9)11-5-13-6-12(16-11)18-8-10(2)4-15-18/h3-8H,1-2H3. The molecular formula is C12H12N6. The molecule has 3 heterocycles. The summed E-state index contributed by atoms with van der Waals surface area (Å²) in [7, 11) is 0. The molecule has 0 N–H and O–H groups in total. The van der Waals surface area contributed by atoms with Gasteiger partial charge in [0, 0.05) is 12.4 Å². The average molecular weight is 240 g/mol. The fraction of sp³-hybridized carbons (Fsp3) is 0.167. The Bertz CT molecular complexity index is 626. The first-order valence-electron chi connectivity index (χ1n) is 5.58.